The van der Waals surface area contributed by atoms with Gasteiger partial charge in [-0.1, -0.05) is 42.5 Å². The molecule has 3 aromatic heterocycles. The minimum absolute atomic E-state index is 0.265. The molecule has 29 heavy (non-hydrogen) atoms. The van der Waals surface area contributed by atoms with Crippen LogP contribution in [0, 0.1) is 5.82 Å². The van der Waals surface area contributed by atoms with Gasteiger partial charge in [-0.2, -0.15) is 0 Å². The van der Waals surface area contributed by atoms with Gasteiger partial charge in [0, 0.05) is 12.6 Å². The molecular formula is C20H15FN6O2. The highest BCUT2D eigenvalue weighted by atomic mass is 19.1. The van der Waals surface area contributed by atoms with Gasteiger partial charge >= 0.3 is 5.69 Å². The Bertz CT molecular complexity index is 1480. The van der Waals surface area contributed by atoms with E-state index in [-0.39, 0.29) is 12.4 Å². The molecule has 5 rings (SSSR count). The van der Waals surface area contributed by atoms with Crippen LogP contribution in [0.5, 0.6) is 0 Å². The number of hydrogen-bond acceptors (Lipinski definition) is 4. The number of aryl methyl sites for hydroxylation is 1. The van der Waals surface area contributed by atoms with E-state index in [4.69, 9.17) is 0 Å². The van der Waals surface area contributed by atoms with E-state index in [0.717, 1.165) is 11.1 Å². The monoisotopic (exact) mass is 390 g/mol. The van der Waals surface area contributed by atoms with Gasteiger partial charge in [0.25, 0.3) is 5.56 Å². The minimum Gasteiger partial charge on any atom is -0.298 e. The van der Waals surface area contributed by atoms with Crippen LogP contribution in [0.15, 0.2) is 64.2 Å². The number of rotatable bonds is 3. The third-order valence-electron chi connectivity index (χ3n) is 4.92. The SMILES string of the molecule is Cn1c(=O)[nH]c(=O)c2c1n1c(-c3ccccc3)nnc1n2Cc1ccc(F)cc1. The van der Waals surface area contributed by atoms with Gasteiger partial charge in [-0.05, 0) is 17.7 Å². The van der Waals surface area contributed by atoms with Gasteiger partial charge in [-0.3, -0.25) is 18.9 Å². The standard InChI is InChI=1S/C20H15FN6O2/c1-25-18-15(17(28)22-20(25)29)26(11-12-7-9-14(21)10-8-12)19-24-23-16(27(18)19)13-5-3-2-4-6-13/h2-10H,11H2,1H3,(H,22,28,29). The summed E-state index contributed by atoms with van der Waals surface area (Å²) >= 11 is 0. The van der Waals surface area contributed by atoms with Gasteiger partial charge in [-0.25, -0.2) is 13.6 Å². The summed E-state index contributed by atoms with van der Waals surface area (Å²) in [5, 5.41) is 8.59. The molecule has 0 radical (unpaired) electrons. The van der Waals surface area contributed by atoms with Crippen molar-refractivity contribution in [3.8, 4) is 11.4 Å². The molecule has 0 atom stereocenters. The lowest BCUT2D eigenvalue weighted by Crippen LogP contribution is -2.29. The van der Waals surface area contributed by atoms with Gasteiger partial charge < -0.3 is 0 Å². The molecule has 0 saturated heterocycles. The molecule has 9 heteroatoms. The first-order chi connectivity index (χ1) is 14.0. The van der Waals surface area contributed by atoms with Crippen molar-refractivity contribution in [1.82, 2.24) is 28.7 Å². The lowest BCUT2D eigenvalue weighted by molar-refractivity contribution is 0.626. The molecule has 2 aromatic carbocycles. The highest BCUT2D eigenvalue weighted by molar-refractivity contribution is 5.79. The number of nitrogens with one attached hydrogen (secondary N) is 1. The third kappa shape index (κ3) is 2.59. The molecule has 0 aliphatic heterocycles. The lowest BCUT2D eigenvalue weighted by atomic mass is 10.2. The van der Waals surface area contributed by atoms with Gasteiger partial charge in [0.05, 0.1) is 6.54 Å². The summed E-state index contributed by atoms with van der Waals surface area (Å²) < 4.78 is 18.0. The molecule has 0 spiro atoms. The van der Waals surface area contributed by atoms with E-state index < -0.39 is 11.2 Å². The molecule has 5 aromatic rings. The summed E-state index contributed by atoms with van der Waals surface area (Å²) in [6.07, 6.45) is 0. The number of fused-ring (bicyclic) bond motifs is 3. The summed E-state index contributed by atoms with van der Waals surface area (Å²) in [6.45, 7) is 0.265. The lowest BCUT2D eigenvalue weighted by Gasteiger charge is -2.05. The Kier molecular flexibility index (Phi) is 3.70. The van der Waals surface area contributed by atoms with E-state index in [1.807, 2.05) is 30.3 Å². The normalized spacial score (nSPS) is 11.5. The van der Waals surface area contributed by atoms with Crippen LogP contribution in [0.1, 0.15) is 5.56 Å². The van der Waals surface area contributed by atoms with Crippen molar-refractivity contribution < 1.29 is 4.39 Å². The Hall–Kier alpha value is -4.01. The van der Waals surface area contributed by atoms with Crippen LogP contribution in [-0.4, -0.2) is 28.7 Å². The maximum atomic E-state index is 13.3. The fourth-order valence-corrected chi connectivity index (χ4v) is 3.54. The second-order valence-electron chi connectivity index (χ2n) is 6.73. The van der Waals surface area contributed by atoms with Crippen LogP contribution in [0.25, 0.3) is 28.3 Å². The number of halogens is 1. The molecular weight excluding hydrogens is 375 g/mol. The summed E-state index contributed by atoms with van der Waals surface area (Å²) in [6, 6.07) is 15.4. The van der Waals surface area contributed by atoms with Gasteiger partial charge in [0.15, 0.2) is 17.0 Å². The van der Waals surface area contributed by atoms with E-state index in [9.17, 15) is 14.0 Å². The number of aromatic nitrogens is 6. The highest BCUT2D eigenvalue weighted by Gasteiger charge is 2.22. The van der Waals surface area contributed by atoms with Crippen molar-refractivity contribution in [2.45, 2.75) is 6.54 Å². The Morgan fingerprint density at radius 3 is 2.45 bits per heavy atom. The van der Waals surface area contributed by atoms with Crippen LogP contribution in [0.4, 0.5) is 4.39 Å². The van der Waals surface area contributed by atoms with Crippen molar-refractivity contribution in [3.05, 3.63) is 86.8 Å². The largest absolute Gasteiger partial charge is 0.329 e. The molecule has 3 heterocycles. The summed E-state index contributed by atoms with van der Waals surface area (Å²) in [7, 11) is 1.58. The van der Waals surface area contributed by atoms with Crippen LogP contribution in [0.3, 0.4) is 0 Å². The zero-order chi connectivity index (χ0) is 20.1. The fourth-order valence-electron chi connectivity index (χ4n) is 3.54. The zero-order valence-corrected chi connectivity index (χ0v) is 15.3. The van der Waals surface area contributed by atoms with Crippen molar-refractivity contribution in [3.63, 3.8) is 0 Å². The predicted octanol–water partition coefficient (Wildman–Crippen LogP) is 1.93. The number of benzene rings is 2. The second kappa shape index (κ2) is 6.26. The molecule has 0 fully saturated rings. The fraction of sp³-hybridized carbons (Fsp3) is 0.100. The van der Waals surface area contributed by atoms with E-state index in [1.165, 1.54) is 16.7 Å². The van der Waals surface area contributed by atoms with Gasteiger partial charge in [0.2, 0.25) is 5.78 Å². The van der Waals surface area contributed by atoms with Crippen LogP contribution < -0.4 is 11.2 Å². The number of imidazole rings is 1. The number of H-pyrrole nitrogens is 1. The summed E-state index contributed by atoms with van der Waals surface area (Å²) in [5.41, 5.74) is 1.21. The van der Waals surface area contributed by atoms with Crippen molar-refractivity contribution in [2.75, 3.05) is 0 Å². The molecule has 144 valence electrons. The first kappa shape index (κ1) is 17.1. The second-order valence-corrected chi connectivity index (χ2v) is 6.73. The number of hydrogen-bond donors (Lipinski definition) is 1. The smallest absolute Gasteiger partial charge is 0.298 e. The first-order valence-corrected chi connectivity index (χ1v) is 8.91. The Morgan fingerprint density at radius 2 is 1.72 bits per heavy atom. The van der Waals surface area contributed by atoms with Gasteiger partial charge in [-0.15, -0.1) is 10.2 Å². The van der Waals surface area contributed by atoms with E-state index >= 15 is 0 Å². The molecule has 0 amide bonds. The molecule has 0 aliphatic rings. The number of aromatic amines is 1. The molecule has 0 saturated carbocycles. The van der Waals surface area contributed by atoms with Crippen LogP contribution in [-0.2, 0) is 13.6 Å². The zero-order valence-electron chi connectivity index (χ0n) is 15.3. The summed E-state index contributed by atoms with van der Waals surface area (Å²) in [4.78, 5) is 27.3. The quantitative estimate of drug-likeness (QED) is 0.510. The molecule has 0 unspecified atom stereocenters. The number of nitrogens with zero attached hydrogens (tertiary/aromatic N) is 5. The summed E-state index contributed by atoms with van der Waals surface area (Å²) in [5.74, 6) is 0.587. The first-order valence-electron chi connectivity index (χ1n) is 8.91. The maximum absolute atomic E-state index is 13.3. The maximum Gasteiger partial charge on any atom is 0.329 e. The van der Waals surface area contributed by atoms with Crippen molar-refractivity contribution >= 4 is 16.9 Å². The third-order valence-corrected chi connectivity index (χ3v) is 4.92. The Morgan fingerprint density at radius 1 is 1.00 bits per heavy atom. The Labute approximate surface area is 162 Å². The molecule has 0 bridgehead atoms. The minimum atomic E-state index is -0.531. The Balaban J connectivity index is 1.88. The van der Waals surface area contributed by atoms with Gasteiger partial charge in [0.1, 0.15) is 5.82 Å². The van der Waals surface area contributed by atoms with E-state index in [0.29, 0.717) is 22.8 Å². The van der Waals surface area contributed by atoms with E-state index in [1.54, 1.807) is 28.1 Å². The molecule has 0 aliphatic carbocycles. The highest BCUT2D eigenvalue weighted by Crippen LogP contribution is 2.24. The van der Waals surface area contributed by atoms with Crippen LogP contribution in [0.2, 0.25) is 0 Å². The molecule has 8 nitrogen and oxygen atoms in total. The van der Waals surface area contributed by atoms with Crippen molar-refractivity contribution in [2.24, 2.45) is 7.05 Å². The average molecular weight is 390 g/mol. The average Bonchev–Trinajstić information content (AvgIpc) is 3.28. The van der Waals surface area contributed by atoms with Crippen molar-refractivity contribution in [1.29, 1.82) is 0 Å². The molecule has 1 N–H and O–H groups in total. The van der Waals surface area contributed by atoms with E-state index in [2.05, 4.69) is 15.2 Å². The predicted molar refractivity (Wildman–Crippen MR) is 105 cm³/mol. The van der Waals surface area contributed by atoms with Crippen LogP contribution >= 0.6 is 0 Å². The topological polar surface area (TPSA) is 90.0 Å².